The maximum absolute atomic E-state index is 12.4. The first-order valence-corrected chi connectivity index (χ1v) is 7.15. The van der Waals surface area contributed by atoms with E-state index >= 15 is 0 Å². The minimum Gasteiger partial charge on any atom is -0.496 e. The Labute approximate surface area is 122 Å². The average molecular weight is 287 g/mol. The first-order chi connectivity index (χ1) is 10.1. The number of ketones is 1. The largest absolute Gasteiger partial charge is 0.496 e. The summed E-state index contributed by atoms with van der Waals surface area (Å²) in [7, 11) is 1.49. The van der Waals surface area contributed by atoms with Crippen molar-refractivity contribution in [2.24, 2.45) is 11.8 Å². The summed E-state index contributed by atoms with van der Waals surface area (Å²) in [6.45, 7) is -0.189. The van der Waals surface area contributed by atoms with Crippen LogP contribution in [-0.4, -0.2) is 36.2 Å². The van der Waals surface area contributed by atoms with Crippen LogP contribution in [-0.2, 0) is 9.59 Å². The number of amides is 2. The number of carbonyl (C=O) groups excluding carboxylic acids is 3. The summed E-state index contributed by atoms with van der Waals surface area (Å²) in [4.78, 5) is 38.0. The van der Waals surface area contributed by atoms with Crippen molar-refractivity contribution < 1.29 is 19.1 Å². The van der Waals surface area contributed by atoms with Crippen LogP contribution in [0.4, 0.5) is 0 Å². The van der Waals surface area contributed by atoms with Crippen molar-refractivity contribution >= 4 is 17.6 Å². The molecule has 0 spiro atoms. The highest BCUT2D eigenvalue weighted by Crippen LogP contribution is 2.39. The van der Waals surface area contributed by atoms with Crippen LogP contribution in [0.25, 0.3) is 0 Å². The van der Waals surface area contributed by atoms with Crippen LogP contribution in [0.3, 0.4) is 0 Å². The molecule has 5 heteroatoms. The molecule has 1 aliphatic carbocycles. The SMILES string of the molecule is COc1ccccc1C(=O)CN1C(=O)C2CCCC2C1=O. The van der Waals surface area contributed by atoms with Crippen molar-refractivity contribution in [3.05, 3.63) is 29.8 Å². The van der Waals surface area contributed by atoms with E-state index in [1.54, 1.807) is 24.3 Å². The van der Waals surface area contributed by atoms with E-state index in [9.17, 15) is 14.4 Å². The van der Waals surface area contributed by atoms with Gasteiger partial charge < -0.3 is 4.74 Å². The number of benzene rings is 1. The molecular formula is C16H17NO4. The molecule has 110 valence electrons. The van der Waals surface area contributed by atoms with E-state index in [1.165, 1.54) is 7.11 Å². The molecule has 2 aliphatic rings. The molecule has 0 N–H and O–H groups in total. The van der Waals surface area contributed by atoms with E-state index in [2.05, 4.69) is 0 Å². The molecule has 2 atom stereocenters. The number of rotatable bonds is 4. The summed E-state index contributed by atoms with van der Waals surface area (Å²) in [5.74, 6) is -0.599. The Morgan fingerprint density at radius 1 is 1.19 bits per heavy atom. The highest BCUT2D eigenvalue weighted by atomic mass is 16.5. The molecule has 1 saturated heterocycles. The second-order valence-corrected chi connectivity index (χ2v) is 5.53. The number of hydrogen-bond donors (Lipinski definition) is 0. The van der Waals surface area contributed by atoms with Crippen molar-refractivity contribution in [3.63, 3.8) is 0 Å². The van der Waals surface area contributed by atoms with Gasteiger partial charge in [0.25, 0.3) is 0 Å². The van der Waals surface area contributed by atoms with Crippen molar-refractivity contribution in [2.45, 2.75) is 19.3 Å². The number of nitrogens with zero attached hydrogens (tertiary/aromatic N) is 1. The highest BCUT2D eigenvalue weighted by Gasteiger charge is 2.50. The first-order valence-electron chi connectivity index (χ1n) is 7.15. The molecular weight excluding hydrogens is 270 g/mol. The van der Waals surface area contributed by atoms with E-state index in [1.807, 2.05) is 0 Å². The summed E-state index contributed by atoms with van der Waals surface area (Å²) in [5, 5.41) is 0. The van der Waals surface area contributed by atoms with Gasteiger partial charge in [-0.1, -0.05) is 18.6 Å². The molecule has 1 aromatic carbocycles. The smallest absolute Gasteiger partial charge is 0.233 e. The third kappa shape index (κ3) is 2.22. The summed E-state index contributed by atoms with van der Waals surface area (Å²) < 4.78 is 5.15. The van der Waals surface area contributed by atoms with Crippen molar-refractivity contribution in [1.82, 2.24) is 4.90 Å². The van der Waals surface area contributed by atoms with Crippen LogP contribution in [0.15, 0.2) is 24.3 Å². The second kappa shape index (κ2) is 5.31. The van der Waals surface area contributed by atoms with Gasteiger partial charge in [0.15, 0.2) is 5.78 Å². The van der Waals surface area contributed by atoms with E-state index in [0.717, 1.165) is 24.2 Å². The molecule has 1 aromatic rings. The van der Waals surface area contributed by atoms with Gasteiger partial charge in [-0.25, -0.2) is 0 Å². The molecule has 0 aromatic heterocycles. The van der Waals surface area contributed by atoms with Crippen molar-refractivity contribution in [3.8, 4) is 5.75 Å². The average Bonchev–Trinajstić information content (AvgIpc) is 3.07. The predicted octanol–water partition coefficient (Wildman–Crippen LogP) is 1.66. The topological polar surface area (TPSA) is 63.7 Å². The lowest BCUT2D eigenvalue weighted by atomic mass is 10.00. The summed E-state index contributed by atoms with van der Waals surface area (Å²) in [6.07, 6.45) is 2.43. The molecule has 5 nitrogen and oxygen atoms in total. The molecule has 1 aliphatic heterocycles. The van der Waals surface area contributed by atoms with Crippen molar-refractivity contribution in [1.29, 1.82) is 0 Å². The maximum Gasteiger partial charge on any atom is 0.233 e. The third-order valence-corrected chi connectivity index (χ3v) is 4.39. The minimum absolute atomic E-state index is 0.189. The summed E-state index contributed by atoms with van der Waals surface area (Å²) in [6, 6.07) is 6.84. The Balaban J connectivity index is 1.79. The zero-order valence-corrected chi connectivity index (χ0v) is 11.9. The van der Waals surface area contributed by atoms with Gasteiger partial charge in [-0.15, -0.1) is 0 Å². The van der Waals surface area contributed by atoms with E-state index < -0.39 is 0 Å². The molecule has 0 bridgehead atoms. The molecule has 1 saturated carbocycles. The molecule has 2 amide bonds. The molecule has 0 radical (unpaired) electrons. The number of methoxy groups -OCH3 is 1. The summed E-state index contributed by atoms with van der Waals surface area (Å²) >= 11 is 0. The number of Topliss-reactive ketones (excluding diaryl/α,β-unsaturated/α-hetero) is 1. The van der Waals surface area contributed by atoms with Gasteiger partial charge in [-0.05, 0) is 25.0 Å². The van der Waals surface area contributed by atoms with E-state index in [4.69, 9.17) is 4.74 Å². The Hall–Kier alpha value is -2.17. The normalized spacial score (nSPS) is 24.3. The van der Waals surface area contributed by atoms with Gasteiger partial charge >= 0.3 is 0 Å². The second-order valence-electron chi connectivity index (χ2n) is 5.53. The molecule has 2 fully saturated rings. The summed E-state index contributed by atoms with van der Waals surface area (Å²) in [5.41, 5.74) is 0.401. The Morgan fingerprint density at radius 3 is 2.43 bits per heavy atom. The molecule has 1 heterocycles. The van der Waals surface area contributed by atoms with Crippen LogP contribution in [0.1, 0.15) is 29.6 Å². The van der Waals surface area contributed by atoms with Crippen molar-refractivity contribution in [2.75, 3.05) is 13.7 Å². The third-order valence-electron chi connectivity index (χ3n) is 4.39. The quantitative estimate of drug-likeness (QED) is 0.624. The first kappa shape index (κ1) is 13.8. The predicted molar refractivity (Wildman–Crippen MR) is 74.9 cm³/mol. The number of imide groups is 1. The van der Waals surface area contributed by atoms with Gasteiger partial charge in [0.2, 0.25) is 11.8 Å². The molecule has 21 heavy (non-hydrogen) atoms. The number of carbonyl (C=O) groups is 3. The maximum atomic E-state index is 12.4. The zero-order valence-electron chi connectivity index (χ0n) is 11.9. The zero-order chi connectivity index (χ0) is 15.0. The Kier molecular flexibility index (Phi) is 3.49. The van der Waals surface area contributed by atoms with Crippen LogP contribution >= 0.6 is 0 Å². The standard InChI is InChI=1S/C16H17NO4/c1-21-14-8-3-2-5-12(14)13(18)9-17-15(19)10-6-4-7-11(10)16(17)20/h2-3,5,8,10-11H,4,6-7,9H2,1H3. The van der Waals surface area contributed by atoms with Crippen LogP contribution in [0.5, 0.6) is 5.75 Å². The Bertz CT molecular complexity index is 588. The monoisotopic (exact) mass is 287 g/mol. The lowest BCUT2D eigenvalue weighted by molar-refractivity contribution is -0.139. The van der Waals surface area contributed by atoms with Gasteiger partial charge in [0, 0.05) is 0 Å². The Morgan fingerprint density at radius 2 is 1.81 bits per heavy atom. The number of likely N-dealkylation sites (tertiary alicyclic amines) is 1. The lowest BCUT2D eigenvalue weighted by Gasteiger charge is -2.15. The van der Waals surface area contributed by atoms with Crippen LogP contribution in [0.2, 0.25) is 0 Å². The van der Waals surface area contributed by atoms with Crippen LogP contribution in [0, 0.1) is 11.8 Å². The minimum atomic E-state index is -0.269. The molecule has 3 rings (SSSR count). The van der Waals surface area contributed by atoms with Gasteiger partial charge in [-0.3, -0.25) is 19.3 Å². The van der Waals surface area contributed by atoms with Gasteiger partial charge in [0.05, 0.1) is 31.1 Å². The fourth-order valence-corrected chi connectivity index (χ4v) is 3.32. The fraction of sp³-hybridized carbons (Fsp3) is 0.438. The van der Waals surface area contributed by atoms with E-state index in [-0.39, 0.29) is 36.0 Å². The highest BCUT2D eigenvalue weighted by molar-refractivity contribution is 6.10. The lowest BCUT2D eigenvalue weighted by Crippen LogP contribution is -2.36. The van der Waals surface area contributed by atoms with Gasteiger partial charge in [0.1, 0.15) is 5.75 Å². The number of ether oxygens (including phenoxy) is 1. The number of hydrogen-bond acceptors (Lipinski definition) is 4. The fourth-order valence-electron chi connectivity index (χ4n) is 3.32. The van der Waals surface area contributed by atoms with Gasteiger partial charge in [-0.2, -0.15) is 0 Å². The number of fused-ring (bicyclic) bond motifs is 1. The molecule has 2 unspecified atom stereocenters. The number of para-hydroxylation sites is 1. The van der Waals surface area contributed by atoms with E-state index in [0.29, 0.717) is 11.3 Å². The van der Waals surface area contributed by atoms with Crippen LogP contribution < -0.4 is 4.74 Å².